The Morgan fingerprint density at radius 3 is 2.53 bits per heavy atom. The van der Waals surface area contributed by atoms with Crippen molar-refractivity contribution < 1.29 is 9.53 Å². The van der Waals surface area contributed by atoms with Gasteiger partial charge in [0.1, 0.15) is 11.4 Å². The highest BCUT2D eigenvalue weighted by Crippen LogP contribution is 2.30. The number of aromatic nitrogens is 2. The van der Waals surface area contributed by atoms with E-state index in [0.717, 1.165) is 85.6 Å². The van der Waals surface area contributed by atoms with Gasteiger partial charge in [-0.3, -0.25) is 9.69 Å². The monoisotopic (exact) mass is 488 g/mol. The number of rotatable bonds is 11. The molecule has 0 bridgehead atoms. The molecule has 6 nitrogen and oxygen atoms in total. The molecular weight excluding hydrogens is 448 g/mol. The lowest BCUT2D eigenvalue weighted by Crippen LogP contribution is -2.32. The fraction of sp³-hybridized carbons (Fsp3) is 0.467. The Balaban J connectivity index is 1.71. The fourth-order valence-electron chi connectivity index (χ4n) is 4.90. The summed E-state index contributed by atoms with van der Waals surface area (Å²) in [5.74, 6) is 0.920. The second-order valence-corrected chi connectivity index (χ2v) is 9.65. The highest BCUT2D eigenvalue weighted by atomic mass is 16.5. The number of likely N-dealkylation sites (tertiary alicyclic amines) is 1. The topological polar surface area (TPSA) is 50.1 Å². The van der Waals surface area contributed by atoms with E-state index in [4.69, 9.17) is 9.84 Å². The number of nitrogens with zero attached hydrogens (tertiary/aromatic N) is 4. The number of fused-ring (bicyclic) bond motifs is 1. The zero-order chi connectivity index (χ0) is 25.3. The van der Waals surface area contributed by atoms with Crippen LogP contribution in [0.4, 0.5) is 0 Å². The van der Waals surface area contributed by atoms with Crippen molar-refractivity contribution in [1.29, 1.82) is 0 Å². The zero-order valence-corrected chi connectivity index (χ0v) is 22.1. The second-order valence-electron chi connectivity index (χ2n) is 9.65. The molecule has 0 unspecified atom stereocenters. The van der Waals surface area contributed by atoms with Crippen molar-refractivity contribution in [2.75, 3.05) is 39.8 Å². The number of hydrogen-bond acceptors (Lipinski definition) is 4. The minimum atomic E-state index is 0.100. The first-order valence-corrected chi connectivity index (χ1v) is 13.5. The molecule has 1 aliphatic heterocycles. The van der Waals surface area contributed by atoms with Gasteiger partial charge < -0.3 is 9.64 Å². The quantitative estimate of drug-likeness (QED) is 0.324. The first kappa shape index (κ1) is 26.0. The van der Waals surface area contributed by atoms with Crippen LogP contribution in [0.25, 0.3) is 22.9 Å². The van der Waals surface area contributed by atoms with E-state index >= 15 is 0 Å². The third-order valence-corrected chi connectivity index (χ3v) is 6.94. The van der Waals surface area contributed by atoms with E-state index in [1.54, 1.807) is 7.11 Å². The molecule has 0 saturated carbocycles. The van der Waals surface area contributed by atoms with E-state index in [1.807, 2.05) is 52.0 Å². The van der Waals surface area contributed by atoms with Gasteiger partial charge in [-0.2, -0.15) is 5.10 Å². The molecule has 6 heteroatoms. The molecule has 2 aromatic heterocycles. The van der Waals surface area contributed by atoms with Gasteiger partial charge in [-0.25, -0.2) is 4.52 Å². The van der Waals surface area contributed by atoms with Crippen molar-refractivity contribution in [1.82, 2.24) is 19.4 Å². The summed E-state index contributed by atoms with van der Waals surface area (Å²) >= 11 is 0. The molecule has 0 N–H and O–H groups in total. The van der Waals surface area contributed by atoms with E-state index < -0.39 is 0 Å². The molecule has 1 amide bonds. The number of ether oxygens (including phenoxy) is 1. The summed E-state index contributed by atoms with van der Waals surface area (Å²) in [7, 11) is 1.68. The lowest BCUT2D eigenvalue weighted by Gasteiger charge is -2.24. The molecule has 1 fully saturated rings. The van der Waals surface area contributed by atoms with E-state index in [1.165, 1.54) is 19.3 Å². The van der Waals surface area contributed by atoms with Crippen molar-refractivity contribution in [3.8, 4) is 17.0 Å². The largest absolute Gasteiger partial charge is 0.497 e. The molecule has 0 spiro atoms. The van der Waals surface area contributed by atoms with Gasteiger partial charge in [0.2, 0.25) is 0 Å². The van der Waals surface area contributed by atoms with Crippen LogP contribution in [0.5, 0.6) is 5.75 Å². The third-order valence-electron chi connectivity index (χ3n) is 6.94. The zero-order valence-electron chi connectivity index (χ0n) is 22.1. The molecular formula is C30H40N4O2. The smallest absolute Gasteiger partial charge is 0.253 e. The van der Waals surface area contributed by atoms with Crippen molar-refractivity contribution in [3.63, 3.8) is 0 Å². The number of unbranched alkanes of at least 4 members (excludes halogenated alkanes) is 1. The molecule has 1 saturated heterocycles. The van der Waals surface area contributed by atoms with Crippen molar-refractivity contribution >= 4 is 17.5 Å². The molecule has 3 aromatic rings. The predicted octanol–water partition coefficient (Wildman–Crippen LogP) is 6.16. The number of piperidine rings is 1. The molecule has 36 heavy (non-hydrogen) atoms. The predicted molar refractivity (Wildman–Crippen MR) is 148 cm³/mol. The Kier molecular flexibility index (Phi) is 9.17. The van der Waals surface area contributed by atoms with Crippen LogP contribution in [0.15, 0.2) is 48.7 Å². The van der Waals surface area contributed by atoms with E-state index in [2.05, 4.69) is 30.9 Å². The Hall–Kier alpha value is -3.12. The standard InChI is InChI=1S/C30H40N4O2/c1-4-6-21-33(17-5-2)30(35)25-16-22-34-28(23-25)27(11-10-20-32-18-8-7-9-19-32)29(31-34)24-12-14-26(36-3)15-13-24/h10-16,22-23H,4-9,17-21H2,1-3H3. The summed E-state index contributed by atoms with van der Waals surface area (Å²) in [4.78, 5) is 17.9. The number of carbonyl (C=O) groups is 1. The Bertz CT molecular complexity index is 1160. The van der Waals surface area contributed by atoms with Crippen LogP contribution in [0.3, 0.4) is 0 Å². The maximum atomic E-state index is 13.4. The maximum Gasteiger partial charge on any atom is 0.253 e. The highest BCUT2D eigenvalue weighted by Gasteiger charge is 2.19. The summed E-state index contributed by atoms with van der Waals surface area (Å²) in [5.41, 5.74) is 4.66. The molecule has 0 atom stereocenters. The second kappa shape index (κ2) is 12.7. The lowest BCUT2D eigenvalue weighted by atomic mass is 10.0. The normalized spacial score (nSPS) is 14.5. The van der Waals surface area contributed by atoms with Crippen molar-refractivity contribution in [2.45, 2.75) is 52.4 Å². The van der Waals surface area contributed by atoms with Crippen LogP contribution in [-0.2, 0) is 0 Å². The number of pyridine rings is 1. The summed E-state index contributed by atoms with van der Waals surface area (Å²) < 4.78 is 7.25. The Morgan fingerprint density at radius 1 is 1.06 bits per heavy atom. The number of carbonyl (C=O) groups excluding carboxylic acids is 1. The van der Waals surface area contributed by atoms with Gasteiger partial charge in [-0.05, 0) is 75.2 Å². The molecule has 0 radical (unpaired) electrons. The first-order valence-electron chi connectivity index (χ1n) is 13.5. The van der Waals surface area contributed by atoms with Gasteiger partial charge >= 0.3 is 0 Å². The van der Waals surface area contributed by atoms with Crippen LogP contribution in [0.1, 0.15) is 68.3 Å². The average Bonchev–Trinajstić information content (AvgIpc) is 3.29. The van der Waals surface area contributed by atoms with Gasteiger partial charge in [0.15, 0.2) is 0 Å². The highest BCUT2D eigenvalue weighted by molar-refractivity contribution is 5.96. The molecule has 3 heterocycles. The van der Waals surface area contributed by atoms with Crippen molar-refractivity contribution in [2.24, 2.45) is 0 Å². The summed E-state index contributed by atoms with van der Waals surface area (Å²) in [5, 5.41) is 4.92. The Labute approximate surface area is 215 Å². The number of amides is 1. The molecule has 1 aliphatic rings. The molecule has 0 aliphatic carbocycles. The van der Waals surface area contributed by atoms with E-state index in [0.29, 0.717) is 0 Å². The van der Waals surface area contributed by atoms with Gasteiger partial charge in [-0.15, -0.1) is 0 Å². The van der Waals surface area contributed by atoms with Crippen LogP contribution in [0, 0.1) is 0 Å². The van der Waals surface area contributed by atoms with Gasteiger partial charge in [0.25, 0.3) is 5.91 Å². The first-order chi connectivity index (χ1) is 17.6. The molecule has 4 rings (SSSR count). The minimum absolute atomic E-state index is 0.100. The average molecular weight is 489 g/mol. The maximum absolute atomic E-state index is 13.4. The third kappa shape index (κ3) is 6.16. The lowest BCUT2D eigenvalue weighted by molar-refractivity contribution is 0.0753. The summed E-state index contributed by atoms with van der Waals surface area (Å²) in [6, 6.07) is 11.9. The summed E-state index contributed by atoms with van der Waals surface area (Å²) in [6.07, 6.45) is 13.3. The van der Waals surface area contributed by atoms with E-state index in [-0.39, 0.29) is 5.91 Å². The summed E-state index contributed by atoms with van der Waals surface area (Å²) in [6.45, 7) is 9.12. The number of hydrogen-bond donors (Lipinski definition) is 0. The van der Waals surface area contributed by atoms with Crippen LogP contribution in [-0.4, -0.2) is 65.2 Å². The SMILES string of the molecule is CCCCN(CCC)C(=O)c1ccn2nc(-c3ccc(OC)cc3)c(C=CCN3CCCCC3)c2c1. The molecule has 192 valence electrons. The van der Waals surface area contributed by atoms with E-state index in [9.17, 15) is 4.79 Å². The van der Waals surface area contributed by atoms with Crippen LogP contribution in [0.2, 0.25) is 0 Å². The van der Waals surface area contributed by atoms with Crippen LogP contribution >= 0.6 is 0 Å². The van der Waals surface area contributed by atoms with Gasteiger partial charge in [0.05, 0.1) is 12.6 Å². The Morgan fingerprint density at radius 2 is 1.83 bits per heavy atom. The van der Waals surface area contributed by atoms with Gasteiger partial charge in [-0.1, -0.05) is 38.8 Å². The minimum Gasteiger partial charge on any atom is -0.497 e. The number of methoxy groups -OCH3 is 1. The van der Waals surface area contributed by atoms with Crippen molar-refractivity contribution in [3.05, 3.63) is 59.8 Å². The molecule has 1 aromatic carbocycles. The van der Waals surface area contributed by atoms with Gasteiger partial charge in [0, 0.05) is 42.5 Å². The van der Waals surface area contributed by atoms with Crippen LogP contribution < -0.4 is 4.74 Å². The number of benzene rings is 1. The fourth-order valence-corrected chi connectivity index (χ4v) is 4.90.